The van der Waals surface area contributed by atoms with Crippen LogP contribution < -0.4 is 5.32 Å². The fourth-order valence-electron chi connectivity index (χ4n) is 2.41. The van der Waals surface area contributed by atoms with E-state index in [2.05, 4.69) is 31.1 Å². The van der Waals surface area contributed by atoms with E-state index in [4.69, 9.17) is 4.74 Å². The first-order valence-electron chi connectivity index (χ1n) is 5.71. The van der Waals surface area contributed by atoms with Gasteiger partial charge in [0.15, 0.2) is 0 Å². The van der Waals surface area contributed by atoms with E-state index < -0.39 is 0 Å². The molecule has 0 saturated carbocycles. The molecule has 0 aromatic carbocycles. The number of piperidine rings is 1. The summed E-state index contributed by atoms with van der Waals surface area (Å²) in [5.41, 5.74) is 0. The summed E-state index contributed by atoms with van der Waals surface area (Å²) in [7, 11) is 2.23. The average Bonchev–Trinajstić information content (AvgIpc) is 2.06. The van der Waals surface area contributed by atoms with Crippen LogP contribution in [0.4, 0.5) is 0 Å². The highest BCUT2D eigenvalue weighted by Gasteiger charge is 2.31. The Labute approximate surface area is 86.8 Å². The highest BCUT2D eigenvalue weighted by Crippen LogP contribution is 2.21. The molecule has 82 valence electrons. The van der Waals surface area contributed by atoms with E-state index in [1.807, 2.05) is 0 Å². The molecule has 3 unspecified atom stereocenters. The minimum atomic E-state index is 0.623. The maximum absolute atomic E-state index is 5.19. The summed E-state index contributed by atoms with van der Waals surface area (Å²) in [6.45, 7) is 7.70. The summed E-state index contributed by atoms with van der Waals surface area (Å²) in [4.78, 5) is 2.46. The Kier molecular flexibility index (Phi) is 3.10. The SMILES string of the molecule is CC1CN(C)C(C)CC1NC1COC1. The quantitative estimate of drug-likeness (QED) is 0.707. The molecule has 2 aliphatic heterocycles. The lowest BCUT2D eigenvalue weighted by molar-refractivity contribution is -0.0201. The second kappa shape index (κ2) is 4.17. The fraction of sp³-hybridized carbons (Fsp3) is 1.00. The molecule has 0 bridgehead atoms. The lowest BCUT2D eigenvalue weighted by Crippen LogP contribution is -2.57. The number of ether oxygens (including phenoxy) is 1. The van der Waals surface area contributed by atoms with Crippen molar-refractivity contribution in [2.24, 2.45) is 5.92 Å². The van der Waals surface area contributed by atoms with E-state index >= 15 is 0 Å². The van der Waals surface area contributed by atoms with Crippen LogP contribution in [0.5, 0.6) is 0 Å². The molecule has 0 aliphatic carbocycles. The zero-order valence-electron chi connectivity index (χ0n) is 9.49. The van der Waals surface area contributed by atoms with Gasteiger partial charge in [0.25, 0.3) is 0 Å². The Balaban J connectivity index is 1.84. The number of nitrogens with one attached hydrogen (secondary N) is 1. The molecule has 3 atom stereocenters. The number of likely N-dealkylation sites (tertiary alicyclic amines) is 1. The standard InChI is InChI=1S/C11H22N2O/c1-8-5-13(3)9(2)4-11(8)12-10-6-14-7-10/h8-12H,4-7H2,1-3H3. The number of rotatable bonds is 2. The minimum Gasteiger partial charge on any atom is -0.378 e. The molecule has 0 aromatic heterocycles. The van der Waals surface area contributed by atoms with Gasteiger partial charge in [-0.15, -0.1) is 0 Å². The Morgan fingerprint density at radius 1 is 1.29 bits per heavy atom. The highest BCUT2D eigenvalue weighted by molar-refractivity contribution is 4.89. The van der Waals surface area contributed by atoms with Gasteiger partial charge in [-0.05, 0) is 26.3 Å². The first-order valence-corrected chi connectivity index (χ1v) is 5.71. The van der Waals surface area contributed by atoms with E-state index in [9.17, 15) is 0 Å². The van der Waals surface area contributed by atoms with Gasteiger partial charge in [0.2, 0.25) is 0 Å². The van der Waals surface area contributed by atoms with Crippen molar-refractivity contribution in [3.05, 3.63) is 0 Å². The van der Waals surface area contributed by atoms with Crippen molar-refractivity contribution >= 4 is 0 Å². The van der Waals surface area contributed by atoms with Crippen molar-refractivity contribution in [1.29, 1.82) is 0 Å². The van der Waals surface area contributed by atoms with Crippen LogP contribution in [0.1, 0.15) is 20.3 Å². The number of nitrogens with zero attached hydrogens (tertiary/aromatic N) is 1. The summed E-state index contributed by atoms with van der Waals surface area (Å²) < 4.78 is 5.19. The maximum atomic E-state index is 5.19. The summed E-state index contributed by atoms with van der Waals surface area (Å²) in [5.74, 6) is 0.761. The van der Waals surface area contributed by atoms with Crippen molar-refractivity contribution in [1.82, 2.24) is 10.2 Å². The molecule has 3 nitrogen and oxygen atoms in total. The van der Waals surface area contributed by atoms with Crippen molar-refractivity contribution in [2.45, 2.75) is 38.4 Å². The molecule has 3 heteroatoms. The average molecular weight is 198 g/mol. The van der Waals surface area contributed by atoms with Gasteiger partial charge in [-0.25, -0.2) is 0 Å². The van der Waals surface area contributed by atoms with Crippen LogP contribution in [0.3, 0.4) is 0 Å². The van der Waals surface area contributed by atoms with Crippen LogP contribution in [-0.2, 0) is 4.74 Å². The van der Waals surface area contributed by atoms with E-state index in [0.29, 0.717) is 18.1 Å². The topological polar surface area (TPSA) is 24.5 Å². The van der Waals surface area contributed by atoms with Gasteiger partial charge in [0.1, 0.15) is 0 Å². The Morgan fingerprint density at radius 3 is 2.57 bits per heavy atom. The van der Waals surface area contributed by atoms with Crippen molar-refractivity contribution in [3.63, 3.8) is 0 Å². The normalized spacial score (nSPS) is 40.9. The third-order valence-corrected chi connectivity index (χ3v) is 3.70. The smallest absolute Gasteiger partial charge is 0.0643 e. The molecular weight excluding hydrogens is 176 g/mol. The summed E-state index contributed by atoms with van der Waals surface area (Å²) >= 11 is 0. The largest absolute Gasteiger partial charge is 0.378 e. The molecule has 2 aliphatic rings. The summed E-state index contributed by atoms with van der Waals surface area (Å²) in [6.07, 6.45) is 1.27. The minimum absolute atomic E-state index is 0.623. The van der Waals surface area contributed by atoms with Crippen molar-refractivity contribution in [3.8, 4) is 0 Å². The number of hydrogen-bond donors (Lipinski definition) is 1. The third kappa shape index (κ3) is 2.10. The molecule has 0 radical (unpaired) electrons. The maximum Gasteiger partial charge on any atom is 0.0643 e. The molecule has 2 saturated heterocycles. The van der Waals surface area contributed by atoms with Crippen LogP contribution >= 0.6 is 0 Å². The molecule has 0 aromatic rings. The zero-order valence-corrected chi connectivity index (χ0v) is 9.49. The van der Waals surface area contributed by atoms with Gasteiger partial charge in [0, 0.05) is 18.6 Å². The van der Waals surface area contributed by atoms with Crippen molar-refractivity contribution in [2.75, 3.05) is 26.8 Å². The predicted molar refractivity (Wildman–Crippen MR) is 57.4 cm³/mol. The monoisotopic (exact) mass is 198 g/mol. The van der Waals surface area contributed by atoms with Crippen LogP contribution in [-0.4, -0.2) is 49.8 Å². The fourth-order valence-corrected chi connectivity index (χ4v) is 2.41. The van der Waals surface area contributed by atoms with Gasteiger partial charge in [-0.3, -0.25) is 0 Å². The van der Waals surface area contributed by atoms with Gasteiger partial charge < -0.3 is 15.0 Å². The van der Waals surface area contributed by atoms with E-state index in [1.165, 1.54) is 13.0 Å². The van der Waals surface area contributed by atoms with Crippen LogP contribution in [0.25, 0.3) is 0 Å². The third-order valence-electron chi connectivity index (χ3n) is 3.70. The summed E-state index contributed by atoms with van der Waals surface area (Å²) in [5, 5.41) is 3.70. The second-order valence-corrected chi connectivity index (χ2v) is 5.01. The molecule has 2 rings (SSSR count). The molecule has 14 heavy (non-hydrogen) atoms. The zero-order chi connectivity index (χ0) is 10.1. The van der Waals surface area contributed by atoms with Crippen LogP contribution in [0, 0.1) is 5.92 Å². The Bertz CT molecular complexity index is 192. The Morgan fingerprint density at radius 2 is 2.00 bits per heavy atom. The molecule has 1 N–H and O–H groups in total. The molecule has 2 fully saturated rings. The molecule has 2 heterocycles. The first kappa shape index (κ1) is 10.4. The Hall–Kier alpha value is -0.120. The molecular formula is C11H22N2O. The van der Waals surface area contributed by atoms with Crippen molar-refractivity contribution < 1.29 is 4.74 Å². The van der Waals surface area contributed by atoms with E-state index in [0.717, 1.165) is 19.1 Å². The van der Waals surface area contributed by atoms with Crippen LogP contribution in [0.15, 0.2) is 0 Å². The van der Waals surface area contributed by atoms with Gasteiger partial charge in [-0.2, -0.15) is 0 Å². The predicted octanol–water partition coefficient (Wildman–Crippen LogP) is 0.703. The summed E-state index contributed by atoms with van der Waals surface area (Å²) in [6, 6.07) is 2.03. The molecule has 0 spiro atoms. The van der Waals surface area contributed by atoms with Gasteiger partial charge in [0.05, 0.1) is 19.3 Å². The molecule has 0 amide bonds. The second-order valence-electron chi connectivity index (χ2n) is 5.01. The highest BCUT2D eigenvalue weighted by atomic mass is 16.5. The van der Waals surface area contributed by atoms with Gasteiger partial charge in [-0.1, -0.05) is 6.92 Å². The number of hydrogen-bond acceptors (Lipinski definition) is 3. The lowest BCUT2D eigenvalue weighted by Gasteiger charge is -2.42. The van der Waals surface area contributed by atoms with Crippen LogP contribution in [0.2, 0.25) is 0 Å². The van der Waals surface area contributed by atoms with E-state index in [1.54, 1.807) is 0 Å². The first-order chi connectivity index (χ1) is 6.66. The van der Waals surface area contributed by atoms with E-state index in [-0.39, 0.29) is 0 Å². The van der Waals surface area contributed by atoms with Gasteiger partial charge >= 0.3 is 0 Å². The lowest BCUT2D eigenvalue weighted by atomic mass is 9.89.